The second-order valence-electron chi connectivity index (χ2n) is 7.57. The summed E-state index contributed by atoms with van der Waals surface area (Å²) in [5.74, 6) is 0.0657. The summed E-state index contributed by atoms with van der Waals surface area (Å²) in [6.07, 6.45) is 1.14. The molecule has 1 aromatic rings. The topological polar surface area (TPSA) is 67.4 Å². The number of hydrogen-bond acceptors (Lipinski definition) is 4. The van der Waals surface area contributed by atoms with Crippen molar-refractivity contribution in [3.8, 4) is 0 Å². The highest BCUT2D eigenvalue weighted by Crippen LogP contribution is 2.43. The molecule has 0 saturated heterocycles. The lowest BCUT2D eigenvalue weighted by Crippen LogP contribution is -2.28. The number of esters is 1. The number of aryl methyl sites for hydroxylation is 2. The summed E-state index contributed by atoms with van der Waals surface area (Å²) in [7, 11) is 1.41. The average Bonchev–Trinajstić information content (AvgIpc) is 2.92. The van der Waals surface area contributed by atoms with Crippen molar-refractivity contribution in [2.45, 2.75) is 53.4 Å². The molecule has 24 heavy (non-hydrogen) atoms. The molecule has 0 aromatic heterocycles. The van der Waals surface area contributed by atoms with Gasteiger partial charge in [-0.05, 0) is 37.0 Å². The van der Waals surface area contributed by atoms with Crippen molar-refractivity contribution in [3.05, 3.63) is 22.8 Å². The van der Waals surface area contributed by atoms with Gasteiger partial charge in [0, 0.05) is 24.3 Å². The molecule has 0 aliphatic carbocycles. The molecule has 5 nitrogen and oxygen atoms in total. The van der Waals surface area contributed by atoms with Crippen LogP contribution in [0.25, 0.3) is 0 Å². The van der Waals surface area contributed by atoms with E-state index in [-0.39, 0.29) is 17.8 Å². The zero-order chi connectivity index (χ0) is 18.1. The molecule has 0 bridgehead atoms. The van der Waals surface area contributed by atoms with Gasteiger partial charge in [0.25, 0.3) is 0 Å². The first-order valence-electron chi connectivity index (χ1n) is 8.41. The monoisotopic (exact) mass is 332 g/mol. The zero-order valence-corrected chi connectivity index (χ0v) is 15.5. The van der Waals surface area contributed by atoms with E-state index in [1.807, 2.05) is 27.7 Å². The summed E-state index contributed by atoms with van der Waals surface area (Å²) in [6.45, 7) is 10.6. The van der Waals surface area contributed by atoms with E-state index in [0.717, 1.165) is 29.9 Å². The SMILES string of the molecule is COC(=O)CCC1CNc2c(NC(=O)C(C)(C)C)c(C)cc(C)c21. The van der Waals surface area contributed by atoms with E-state index in [1.165, 1.54) is 18.2 Å². The highest BCUT2D eigenvalue weighted by Gasteiger charge is 2.30. The van der Waals surface area contributed by atoms with Crippen LogP contribution in [0.5, 0.6) is 0 Å². The Balaban J connectivity index is 2.31. The number of fused-ring (bicyclic) bond motifs is 1. The van der Waals surface area contributed by atoms with Gasteiger partial charge in [0.2, 0.25) is 5.91 Å². The van der Waals surface area contributed by atoms with Crippen LogP contribution < -0.4 is 10.6 Å². The highest BCUT2D eigenvalue weighted by atomic mass is 16.5. The van der Waals surface area contributed by atoms with Gasteiger partial charge in [-0.1, -0.05) is 26.8 Å². The van der Waals surface area contributed by atoms with Crippen LogP contribution in [0.1, 0.15) is 56.2 Å². The maximum Gasteiger partial charge on any atom is 0.305 e. The van der Waals surface area contributed by atoms with Crippen molar-refractivity contribution in [2.24, 2.45) is 5.41 Å². The predicted molar refractivity (Wildman–Crippen MR) is 96.5 cm³/mol. The fourth-order valence-corrected chi connectivity index (χ4v) is 3.14. The first kappa shape index (κ1) is 18.3. The molecule has 0 radical (unpaired) electrons. The van der Waals surface area contributed by atoms with Gasteiger partial charge in [-0.2, -0.15) is 0 Å². The zero-order valence-electron chi connectivity index (χ0n) is 15.5. The van der Waals surface area contributed by atoms with Crippen LogP contribution in [0.3, 0.4) is 0 Å². The second-order valence-corrected chi connectivity index (χ2v) is 7.57. The van der Waals surface area contributed by atoms with Crippen LogP contribution in [-0.2, 0) is 14.3 Å². The van der Waals surface area contributed by atoms with Gasteiger partial charge in [0.05, 0.1) is 18.5 Å². The smallest absolute Gasteiger partial charge is 0.305 e. The fourth-order valence-electron chi connectivity index (χ4n) is 3.14. The minimum atomic E-state index is -0.451. The predicted octanol–water partition coefficient (Wildman–Crippen LogP) is 3.75. The molecule has 1 atom stereocenters. The molecular formula is C19H28N2O3. The molecule has 0 saturated carbocycles. The molecule has 2 N–H and O–H groups in total. The van der Waals surface area contributed by atoms with E-state index in [9.17, 15) is 9.59 Å². The summed E-state index contributed by atoms with van der Waals surface area (Å²) >= 11 is 0. The number of carbonyl (C=O) groups is 2. The molecule has 2 rings (SSSR count). The number of benzene rings is 1. The van der Waals surface area contributed by atoms with Crippen LogP contribution in [-0.4, -0.2) is 25.5 Å². The Morgan fingerprint density at radius 3 is 2.54 bits per heavy atom. The van der Waals surface area contributed by atoms with Gasteiger partial charge >= 0.3 is 5.97 Å². The number of amides is 1. The van der Waals surface area contributed by atoms with E-state index in [4.69, 9.17) is 4.74 Å². The van der Waals surface area contributed by atoms with Gasteiger partial charge in [-0.25, -0.2) is 0 Å². The fraction of sp³-hybridized carbons (Fsp3) is 0.579. The van der Waals surface area contributed by atoms with Crippen LogP contribution in [0.4, 0.5) is 11.4 Å². The van der Waals surface area contributed by atoms with Crippen LogP contribution in [0.15, 0.2) is 6.07 Å². The molecule has 1 aliphatic heterocycles. The Bertz CT molecular complexity index is 660. The van der Waals surface area contributed by atoms with Crippen molar-refractivity contribution in [1.29, 1.82) is 0 Å². The van der Waals surface area contributed by atoms with Crippen molar-refractivity contribution in [1.82, 2.24) is 0 Å². The van der Waals surface area contributed by atoms with Gasteiger partial charge in [0.1, 0.15) is 0 Å². The molecule has 0 fully saturated rings. The first-order valence-corrected chi connectivity index (χ1v) is 8.41. The number of anilines is 2. The standard InChI is InChI=1S/C19H28N2O3/c1-11-9-12(2)16(21-18(23)19(3,4)5)17-15(11)13(10-20-17)7-8-14(22)24-6/h9,13,20H,7-8,10H2,1-6H3,(H,21,23). The van der Waals surface area contributed by atoms with E-state index in [0.29, 0.717) is 6.42 Å². The Hall–Kier alpha value is -2.04. The Morgan fingerprint density at radius 1 is 1.29 bits per heavy atom. The van der Waals surface area contributed by atoms with Crippen molar-refractivity contribution >= 4 is 23.3 Å². The summed E-state index contributed by atoms with van der Waals surface area (Å²) in [5.41, 5.74) is 4.85. The largest absolute Gasteiger partial charge is 0.469 e. The maximum absolute atomic E-state index is 12.4. The molecule has 1 heterocycles. The normalized spacial score (nSPS) is 16.3. The molecule has 5 heteroatoms. The maximum atomic E-state index is 12.4. The third-order valence-electron chi connectivity index (χ3n) is 4.55. The van der Waals surface area contributed by atoms with E-state index in [1.54, 1.807) is 0 Å². The lowest BCUT2D eigenvalue weighted by atomic mass is 9.90. The number of rotatable bonds is 4. The highest BCUT2D eigenvalue weighted by molar-refractivity contribution is 5.99. The number of nitrogens with one attached hydrogen (secondary N) is 2. The van der Waals surface area contributed by atoms with E-state index >= 15 is 0 Å². The van der Waals surface area contributed by atoms with Gasteiger partial charge < -0.3 is 15.4 Å². The second kappa shape index (κ2) is 6.83. The minimum absolute atomic E-state index is 0.00327. The van der Waals surface area contributed by atoms with E-state index in [2.05, 4.69) is 23.6 Å². The summed E-state index contributed by atoms with van der Waals surface area (Å²) in [5, 5.41) is 6.51. The number of ether oxygens (including phenoxy) is 1. The van der Waals surface area contributed by atoms with Crippen molar-refractivity contribution in [2.75, 3.05) is 24.3 Å². The first-order chi connectivity index (χ1) is 11.1. The van der Waals surface area contributed by atoms with E-state index < -0.39 is 5.41 Å². The number of hydrogen-bond donors (Lipinski definition) is 2. The third-order valence-corrected chi connectivity index (χ3v) is 4.55. The Morgan fingerprint density at radius 2 is 1.96 bits per heavy atom. The Kier molecular flexibility index (Phi) is 5.21. The average molecular weight is 332 g/mol. The van der Waals surface area contributed by atoms with Crippen LogP contribution in [0.2, 0.25) is 0 Å². The molecule has 1 aliphatic rings. The summed E-state index contributed by atoms with van der Waals surface area (Å²) in [4.78, 5) is 23.8. The molecule has 1 unspecified atom stereocenters. The molecule has 0 spiro atoms. The molecule has 132 valence electrons. The van der Waals surface area contributed by atoms with Crippen molar-refractivity contribution < 1.29 is 14.3 Å². The third kappa shape index (κ3) is 3.71. The van der Waals surface area contributed by atoms with Crippen LogP contribution in [0, 0.1) is 19.3 Å². The van der Waals surface area contributed by atoms with Gasteiger partial charge in [-0.3, -0.25) is 9.59 Å². The van der Waals surface area contributed by atoms with Crippen molar-refractivity contribution in [3.63, 3.8) is 0 Å². The number of methoxy groups -OCH3 is 1. The lowest BCUT2D eigenvalue weighted by molar-refractivity contribution is -0.140. The minimum Gasteiger partial charge on any atom is -0.469 e. The van der Waals surface area contributed by atoms with Gasteiger partial charge in [-0.15, -0.1) is 0 Å². The van der Waals surface area contributed by atoms with Crippen LogP contribution >= 0.6 is 0 Å². The molecule has 1 aromatic carbocycles. The van der Waals surface area contributed by atoms with Gasteiger partial charge in [0.15, 0.2) is 0 Å². The quantitative estimate of drug-likeness (QED) is 0.824. The summed E-state index contributed by atoms with van der Waals surface area (Å²) in [6, 6.07) is 2.11. The number of carbonyl (C=O) groups excluding carboxylic acids is 2. The lowest BCUT2D eigenvalue weighted by Gasteiger charge is -2.22. The molecular weight excluding hydrogens is 304 g/mol. The Labute approximate surface area is 144 Å². The summed E-state index contributed by atoms with van der Waals surface area (Å²) < 4.78 is 4.74. The molecule has 1 amide bonds.